The molecule has 10 nitrogen and oxygen atoms in total. The predicted molar refractivity (Wildman–Crippen MR) is 210 cm³/mol. The van der Waals surface area contributed by atoms with Crippen molar-refractivity contribution >= 4 is 19.8 Å². The van der Waals surface area contributed by atoms with E-state index in [0.717, 1.165) is 38.5 Å². The van der Waals surface area contributed by atoms with Gasteiger partial charge in [-0.1, -0.05) is 187 Å². The third kappa shape index (κ3) is 37.3. The van der Waals surface area contributed by atoms with Gasteiger partial charge in [0.2, 0.25) is 0 Å². The molecule has 3 N–H and O–H groups in total. The first kappa shape index (κ1) is 51.0. The van der Waals surface area contributed by atoms with Crippen molar-refractivity contribution in [3.63, 3.8) is 0 Å². The number of ether oxygens (including phenoxy) is 2. The molecule has 0 aliphatic heterocycles. The summed E-state index contributed by atoms with van der Waals surface area (Å²) in [5.41, 5.74) is 0. The summed E-state index contributed by atoms with van der Waals surface area (Å²) >= 11 is 0. The second-order valence-electron chi connectivity index (χ2n) is 14.7. The summed E-state index contributed by atoms with van der Waals surface area (Å²) < 4.78 is 32.7. The van der Waals surface area contributed by atoms with E-state index < -0.39 is 51.8 Å². The molecule has 0 aliphatic carbocycles. The quantitative estimate of drug-likeness (QED) is 0.0312. The van der Waals surface area contributed by atoms with Crippen molar-refractivity contribution in [2.45, 2.75) is 225 Å². The molecule has 0 saturated heterocycles. The Labute approximate surface area is 318 Å². The molecule has 11 heteroatoms. The third-order valence-corrected chi connectivity index (χ3v) is 10.5. The van der Waals surface area contributed by atoms with Crippen LogP contribution in [-0.2, 0) is 32.7 Å². The largest absolute Gasteiger partial charge is 0.472 e. The average molecular weight is 765 g/mol. The molecule has 0 aromatic heterocycles. The van der Waals surface area contributed by atoms with Crippen LogP contribution in [0.2, 0.25) is 0 Å². The number of carbonyl (C=O) groups is 2. The van der Waals surface area contributed by atoms with Crippen LogP contribution in [-0.4, -0.2) is 65.7 Å². The van der Waals surface area contributed by atoms with E-state index in [1.807, 2.05) is 0 Å². The highest BCUT2D eigenvalue weighted by molar-refractivity contribution is 7.47. The van der Waals surface area contributed by atoms with Crippen LogP contribution in [0.5, 0.6) is 0 Å². The van der Waals surface area contributed by atoms with Gasteiger partial charge in [-0.25, -0.2) is 4.57 Å². The molecule has 0 bridgehead atoms. The predicted octanol–water partition coefficient (Wildman–Crippen LogP) is 11.1. The van der Waals surface area contributed by atoms with Gasteiger partial charge in [-0.05, 0) is 12.8 Å². The van der Waals surface area contributed by atoms with Gasteiger partial charge >= 0.3 is 19.8 Å². The topological polar surface area (TPSA) is 149 Å². The minimum Gasteiger partial charge on any atom is -0.462 e. The lowest BCUT2D eigenvalue weighted by molar-refractivity contribution is -0.161. The fraction of sp³-hybridized carbons (Fsp3) is 0.951. The molecule has 3 unspecified atom stereocenters. The van der Waals surface area contributed by atoms with Gasteiger partial charge in [-0.15, -0.1) is 0 Å². The summed E-state index contributed by atoms with van der Waals surface area (Å²) in [7, 11) is -4.61. The van der Waals surface area contributed by atoms with E-state index in [9.17, 15) is 24.2 Å². The molecule has 0 saturated carbocycles. The smallest absolute Gasteiger partial charge is 0.462 e. The van der Waals surface area contributed by atoms with Gasteiger partial charge in [-0.2, -0.15) is 0 Å². The van der Waals surface area contributed by atoms with E-state index in [-0.39, 0.29) is 19.4 Å². The molecule has 0 amide bonds. The summed E-state index contributed by atoms with van der Waals surface area (Å²) in [6, 6.07) is 0. The number of phosphoric acid groups is 1. The first-order chi connectivity index (χ1) is 25.2. The first-order valence-electron chi connectivity index (χ1n) is 21.5. The minimum absolute atomic E-state index is 0.192. The number of rotatable bonds is 41. The van der Waals surface area contributed by atoms with Gasteiger partial charge in [0, 0.05) is 12.8 Å². The van der Waals surface area contributed by atoms with Gasteiger partial charge in [0.15, 0.2) is 6.10 Å². The van der Waals surface area contributed by atoms with E-state index in [1.165, 1.54) is 135 Å². The number of phosphoric ester groups is 1. The Morgan fingerprint density at radius 2 is 0.827 bits per heavy atom. The fourth-order valence-corrected chi connectivity index (χ4v) is 6.96. The molecule has 0 spiro atoms. The van der Waals surface area contributed by atoms with Crippen molar-refractivity contribution in [2.75, 3.05) is 26.4 Å². The van der Waals surface area contributed by atoms with Crippen molar-refractivity contribution in [1.82, 2.24) is 0 Å². The van der Waals surface area contributed by atoms with E-state index in [1.54, 1.807) is 0 Å². The van der Waals surface area contributed by atoms with Crippen molar-refractivity contribution in [2.24, 2.45) is 0 Å². The van der Waals surface area contributed by atoms with Crippen molar-refractivity contribution in [1.29, 1.82) is 0 Å². The molecule has 3 atom stereocenters. The normalized spacial score (nSPS) is 13.9. The molecule has 0 fully saturated rings. The third-order valence-electron chi connectivity index (χ3n) is 9.51. The van der Waals surface area contributed by atoms with Gasteiger partial charge in [0.05, 0.1) is 19.8 Å². The Bertz CT molecular complexity index is 842. The van der Waals surface area contributed by atoms with Crippen LogP contribution in [0.15, 0.2) is 0 Å². The highest BCUT2D eigenvalue weighted by Crippen LogP contribution is 2.43. The van der Waals surface area contributed by atoms with Crippen LogP contribution in [0.25, 0.3) is 0 Å². The van der Waals surface area contributed by atoms with E-state index in [0.29, 0.717) is 12.8 Å². The number of hydrogen-bond donors (Lipinski definition) is 3. The molecular weight excluding hydrogens is 683 g/mol. The highest BCUT2D eigenvalue weighted by atomic mass is 31.2. The number of carbonyl (C=O) groups excluding carboxylic acids is 2. The van der Waals surface area contributed by atoms with Gasteiger partial charge < -0.3 is 24.6 Å². The second-order valence-corrected chi connectivity index (χ2v) is 16.2. The average Bonchev–Trinajstić information content (AvgIpc) is 3.13. The molecule has 0 rings (SSSR count). The highest BCUT2D eigenvalue weighted by Gasteiger charge is 2.27. The maximum absolute atomic E-state index is 12.6. The number of aliphatic hydroxyl groups is 2. The molecule has 310 valence electrons. The summed E-state index contributed by atoms with van der Waals surface area (Å²) in [5, 5.41) is 18.3. The molecule has 52 heavy (non-hydrogen) atoms. The van der Waals surface area contributed by atoms with E-state index in [2.05, 4.69) is 18.4 Å². The van der Waals surface area contributed by atoms with Crippen LogP contribution < -0.4 is 0 Å². The number of esters is 2. The standard InChI is InChI=1S/C41H81O10P/c1-3-5-7-9-11-13-15-17-18-19-21-23-25-27-29-31-33-41(45)51-39(37-50-52(46,47)49-35-38(43)34-42)36-48-40(44)32-30-28-26-24-22-20-16-14-12-10-8-6-4-2/h38-39,42-43H,3-37H2,1-2H3,(H,46,47). The molecule has 0 aromatic rings. The Balaban J connectivity index is 4.25. The van der Waals surface area contributed by atoms with Gasteiger partial charge in [-0.3, -0.25) is 18.6 Å². The van der Waals surface area contributed by atoms with Crippen LogP contribution >= 0.6 is 7.82 Å². The number of aliphatic hydroxyl groups excluding tert-OH is 2. The Kier molecular flexibility index (Phi) is 37.5. The Morgan fingerprint density at radius 3 is 1.19 bits per heavy atom. The van der Waals surface area contributed by atoms with Gasteiger partial charge in [0.1, 0.15) is 12.7 Å². The molecule has 0 aromatic carbocycles. The first-order valence-corrected chi connectivity index (χ1v) is 23.0. The van der Waals surface area contributed by atoms with Crippen LogP contribution in [0.1, 0.15) is 213 Å². The SMILES string of the molecule is CCCCCCCCCCCCCCCCCCC(=O)OC(COC(=O)CCCCCCCCCCCCCCC)COP(=O)(O)OCC(O)CO. The molecule has 0 heterocycles. The van der Waals surface area contributed by atoms with E-state index >= 15 is 0 Å². The summed E-state index contributed by atoms with van der Waals surface area (Å²) in [6.45, 7) is 2.41. The van der Waals surface area contributed by atoms with Crippen molar-refractivity contribution < 1.29 is 47.8 Å². The molecular formula is C41H81O10P. The second kappa shape index (κ2) is 38.3. The number of hydrogen-bond acceptors (Lipinski definition) is 9. The van der Waals surface area contributed by atoms with Crippen LogP contribution in [0, 0.1) is 0 Å². The maximum atomic E-state index is 12.6. The summed E-state index contributed by atoms with van der Waals surface area (Å²) in [5.74, 6) is -0.910. The minimum atomic E-state index is -4.61. The zero-order chi connectivity index (χ0) is 38.4. The molecule has 0 radical (unpaired) electrons. The lowest BCUT2D eigenvalue weighted by atomic mass is 10.0. The van der Waals surface area contributed by atoms with Gasteiger partial charge in [0.25, 0.3) is 0 Å². The summed E-state index contributed by atoms with van der Waals surface area (Å²) in [4.78, 5) is 34.9. The molecule has 0 aliphatic rings. The van der Waals surface area contributed by atoms with Crippen molar-refractivity contribution in [3.05, 3.63) is 0 Å². The van der Waals surface area contributed by atoms with Crippen molar-refractivity contribution in [3.8, 4) is 0 Å². The fourth-order valence-electron chi connectivity index (χ4n) is 6.17. The zero-order valence-electron chi connectivity index (χ0n) is 33.6. The van der Waals surface area contributed by atoms with Crippen LogP contribution in [0.3, 0.4) is 0 Å². The monoisotopic (exact) mass is 765 g/mol. The Morgan fingerprint density at radius 1 is 0.500 bits per heavy atom. The lowest BCUT2D eigenvalue weighted by Gasteiger charge is -2.20. The summed E-state index contributed by atoms with van der Waals surface area (Å²) in [6.07, 6.45) is 33.5. The van der Waals surface area contributed by atoms with Crippen LogP contribution in [0.4, 0.5) is 0 Å². The Hall–Kier alpha value is -1.03. The maximum Gasteiger partial charge on any atom is 0.472 e. The lowest BCUT2D eigenvalue weighted by Crippen LogP contribution is -2.29. The number of unbranched alkanes of at least 4 members (excludes halogenated alkanes) is 27. The van der Waals surface area contributed by atoms with E-state index in [4.69, 9.17) is 19.1 Å². The zero-order valence-corrected chi connectivity index (χ0v) is 34.4.